The summed E-state index contributed by atoms with van der Waals surface area (Å²) in [5.41, 5.74) is 9.73. The van der Waals surface area contributed by atoms with Crippen LogP contribution in [0.2, 0.25) is 0 Å². The maximum absolute atomic E-state index is 11.0. The number of nitro groups is 1. The monoisotopic (exact) mass is 273 g/mol. The molecule has 0 aliphatic carbocycles. The zero-order valence-corrected chi connectivity index (χ0v) is 10.4. The molecule has 0 fully saturated rings. The smallest absolute Gasteiger partial charge is 0.292 e. The zero-order chi connectivity index (χ0) is 14.4. The second kappa shape index (κ2) is 6.21. The number of hydrogen-bond acceptors (Lipinski definition) is 5. The average Bonchev–Trinajstić information content (AvgIpc) is 2.93. The predicted octanol–water partition coefficient (Wildman–Crippen LogP) is 2.91. The second-order valence-electron chi connectivity index (χ2n) is 3.90. The molecule has 2 N–H and O–H groups in total. The van der Waals surface area contributed by atoms with Gasteiger partial charge in [-0.05, 0) is 11.6 Å². The SMILES string of the molecule is [N-]=[N+]=Nc1ccc(NCCc2cnc[nH]2)c([N+](=O)[O-])c1. The Balaban J connectivity index is 2.10. The van der Waals surface area contributed by atoms with Crippen LogP contribution in [-0.2, 0) is 6.42 Å². The molecular formula is C11H11N7O2. The van der Waals surface area contributed by atoms with Gasteiger partial charge in [0, 0.05) is 41.5 Å². The Hall–Kier alpha value is -3.06. The molecular weight excluding hydrogens is 262 g/mol. The third kappa shape index (κ3) is 3.24. The number of imidazole rings is 1. The summed E-state index contributed by atoms with van der Waals surface area (Å²) >= 11 is 0. The average molecular weight is 273 g/mol. The zero-order valence-electron chi connectivity index (χ0n) is 10.4. The fraction of sp³-hybridized carbons (Fsp3) is 0.182. The number of nitro benzene ring substituents is 1. The van der Waals surface area contributed by atoms with Crippen LogP contribution in [0.5, 0.6) is 0 Å². The fourth-order valence-corrected chi connectivity index (χ4v) is 1.69. The molecule has 0 saturated carbocycles. The van der Waals surface area contributed by atoms with Gasteiger partial charge in [0.05, 0.1) is 11.3 Å². The van der Waals surface area contributed by atoms with Crippen LogP contribution >= 0.6 is 0 Å². The van der Waals surface area contributed by atoms with E-state index in [0.717, 1.165) is 5.69 Å². The Morgan fingerprint density at radius 2 is 2.40 bits per heavy atom. The Morgan fingerprint density at radius 3 is 3.05 bits per heavy atom. The number of benzene rings is 1. The number of hydrogen-bond donors (Lipinski definition) is 2. The minimum atomic E-state index is -0.519. The lowest BCUT2D eigenvalue weighted by Crippen LogP contribution is -2.07. The largest absolute Gasteiger partial charge is 0.379 e. The van der Waals surface area contributed by atoms with Gasteiger partial charge in [-0.3, -0.25) is 10.1 Å². The van der Waals surface area contributed by atoms with Crippen molar-refractivity contribution in [3.63, 3.8) is 0 Å². The summed E-state index contributed by atoms with van der Waals surface area (Å²) in [5, 5.41) is 17.3. The number of aromatic nitrogens is 2. The van der Waals surface area contributed by atoms with E-state index in [9.17, 15) is 10.1 Å². The maximum Gasteiger partial charge on any atom is 0.292 e. The molecule has 0 unspecified atom stereocenters. The molecule has 102 valence electrons. The van der Waals surface area contributed by atoms with Gasteiger partial charge in [-0.15, -0.1) is 0 Å². The lowest BCUT2D eigenvalue weighted by Gasteiger charge is -2.06. The summed E-state index contributed by atoms with van der Waals surface area (Å²) in [6.07, 6.45) is 3.93. The van der Waals surface area contributed by atoms with Crippen LogP contribution in [-0.4, -0.2) is 21.4 Å². The van der Waals surface area contributed by atoms with Crippen molar-refractivity contribution in [1.82, 2.24) is 9.97 Å². The van der Waals surface area contributed by atoms with Crippen LogP contribution in [0, 0.1) is 10.1 Å². The first-order chi connectivity index (χ1) is 9.70. The molecule has 0 bridgehead atoms. The van der Waals surface area contributed by atoms with Crippen molar-refractivity contribution in [2.45, 2.75) is 6.42 Å². The third-order valence-electron chi connectivity index (χ3n) is 2.60. The molecule has 0 aliphatic rings. The van der Waals surface area contributed by atoms with E-state index >= 15 is 0 Å². The minimum absolute atomic E-state index is 0.125. The van der Waals surface area contributed by atoms with E-state index in [2.05, 4.69) is 25.3 Å². The van der Waals surface area contributed by atoms with Gasteiger partial charge in [0.15, 0.2) is 0 Å². The van der Waals surface area contributed by atoms with Gasteiger partial charge in [-0.1, -0.05) is 11.2 Å². The normalized spacial score (nSPS) is 9.80. The highest BCUT2D eigenvalue weighted by molar-refractivity contribution is 5.66. The quantitative estimate of drug-likeness (QED) is 0.275. The number of nitrogens with zero attached hydrogens (tertiary/aromatic N) is 5. The molecule has 0 saturated heterocycles. The first-order valence-corrected chi connectivity index (χ1v) is 5.75. The first kappa shape index (κ1) is 13.4. The number of azide groups is 1. The van der Waals surface area contributed by atoms with Crippen molar-refractivity contribution in [2.75, 3.05) is 11.9 Å². The molecule has 9 nitrogen and oxygen atoms in total. The summed E-state index contributed by atoms with van der Waals surface area (Å²) in [7, 11) is 0. The second-order valence-corrected chi connectivity index (χ2v) is 3.90. The number of rotatable bonds is 6. The standard InChI is InChI=1S/C11H11N7O2/c12-17-16-8-1-2-10(11(5-8)18(19)20)14-4-3-9-6-13-7-15-9/h1-2,5-7,14H,3-4H2,(H,13,15). The van der Waals surface area contributed by atoms with E-state index in [1.165, 1.54) is 18.2 Å². The van der Waals surface area contributed by atoms with Crippen LogP contribution in [0.1, 0.15) is 5.69 Å². The molecule has 1 aromatic heterocycles. The van der Waals surface area contributed by atoms with Gasteiger partial charge in [0.25, 0.3) is 5.69 Å². The predicted molar refractivity (Wildman–Crippen MR) is 72.7 cm³/mol. The Labute approximate surface area is 113 Å². The summed E-state index contributed by atoms with van der Waals surface area (Å²) in [4.78, 5) is 19.9. The molecule has 0 spiro atoms. The first-order valence-electron chi connectivity index (χ1n) is 5.75. The van der Waals surface area contributed by atoms with E-state index < -0.39 is 4.92 Å². The Bertz CT molecular complexity index is 647. The molecule has 2 rings (SSSR count). The molecule has 1 aromatic carbocycles. The minimum Gasteiger partial charge on any atom is -0.379 e. The van der Waals surface area contributed by atoms with Crippen LogP contribution in [0.25, 0.3) is 10.4 Å². The summed E-state index contributed by atoms with van der Waals surface area (Å²) < 4.78 is 0. The highest BCUT2D eigenvalue weighted by Gasteiger charge is 2.13. The van der Waals surface area contributed by atoms with Gasteiger partial charge in [0.2, 0.25) is 0 Å². The van der Waals surface area contributed by atoms with E-state index in [-0.39, 0.29) is 11.4 Å². The molecule has 0 radical (unpaired) electrons. The summed E-state index contributed by atoms with van der Waals surface area (Å²) in [6, 6.07) is 4.28. The number of nitrogens with one attached hydrogen (secondary N) is 2. The number of anilines is 1. The molecule has 1 heterocycles. The van der Waals surface area contributed by atoms with E-state index in [1.807, 2.05) is 0 Å². The maximum atomic E-state index is 11.0. The summed E-state index contributed by atoms with van der Waals surface area (Å²) in [5.74, 6) is 0. The van der Waals surface area contributed by atoms with Gasteiger partial charge >= 0.3 is 0 Å². The van der Waals surface area contributed by atoms with Crippen LogP contribution in [0.4, 0.5) is 17.1 Å². The molecule has 2 aromatic rings. The Morgan fingerprint density at radius 1 is 1.55 bits per heavy atom. The highest BCUT2D eigenvalue weighted by atomic mass is 16.6. The highest BCUT2D eigenvalue weighted by Crippen LogP contribution is 2.29. The van der Waals surface area contributed by atoms with Crippen LogP contribution in [0.3, 0.4) is 0 Å². The number of H-pyrrole nitrogens is 1. The fourth-order valence-electron chi connectivity index (χ4n) is 1.69. The van der Waals surface area contributed by atoms with Gasteiger partial charge in [-0.2, -0.15) is 0 Å². The van der Waals surface area contributed by atoms with Crippen molar-refractivity contribution in [3.05, 3.63) is 57.0 Å². The molecule has 0 aliphatic heterocycles. The van der Waals surface area contributed by atoms with Crippen LogP contribution in [0.15, 0.2) is 35.8 Å². The molecule has 9 heteroatoms. The topological polar surface area (TPSA) is 133 Å². The van der Waals surface area contributed by atoms with E-state index in [1.54, 1.807) is 12.5 Å². The molecule has 0 amide bonds. The van der Waals surface area contributed by atoms with Crippen molar-refractivity contribution in [3.8, 4) is 0 Å². The molecule has 0 atom stereocenters. The Kier molecular flexibility index (Phi) is 4.15. The van der Waals surface area contributed by atoms with E-state index in [0.29, 0.717) is 18.7 Å². The van der Waals surface area contributed by atoms with Crippen molar-refractivity contribution in [2.24, 2.45) is 5.11 Å². The van der Waals surface area contributed by atoms with Gasteiger partial charge in [-0.25, -0.2) is 4.98 Å². The van der Waals surface area contributed by atoms with Crippen molar-refractivity contribution >= 4 is 17.1 Å². The molecule has 20 heavy (non-hydrogen) atoms. The van der Waals surface area contributed by atoms with Gasteiger partial charge in [0.1, 0.15) is 5.69 Å². The summed E-state index contributed by atoms with van der Waals surface area (Å²) in [6.45, 7) is 0.518. The van der Waals surface area contributed by atoms with Crippen LogP contribution < -0.4 is 5.32 Å². The number of aromatic amines is 1. The lowest BCUT2D eigenvalue weighted by molar-refractivity contribution is -0.383. The van der Waals surface area contributed by atoms with Crippen molar-refractivity contribution < 1.29 is 4.92 Å². The lowest BCUT2D eigenvalue weighted by atomic mass is 10.2. The van der Waals surface area contributed by atoms with Gasteiger partial charge < -0.3 is 10.3 Å². The third-order valence-corrected chi connectivity index (χ3v) is 2.60. The van der Waals surface area contributed by atoms with E-state index in [4.69, 9.17) is 5.53 Å². The van der Waals surface area contributed by atoms with Crippen molar-refractivity contribution in [1.29, 1.82) is 0 Å².